The van der Waals surface area contributed by atoms with Crippen LogP contribution in [-0.2, 0) is 9.53 Å². The number of aromatic nitrogens is 2. The lowest BCUT2D eigenvalue weighted by Gasteiger charge is -2.26. The number of methoxy groups -OCH3 is 1. The van der Waals surface area contributed by atoms with Crippen molar-refractivity contribution >= 4 is 40.4 Å². The molecular weight excluding hydrogens is 617 g/mol. The van der Waals surface area contributed by atoms with E-state index in [1.54, 1.807) is 29.9 Å². The summed E-state index contributed by atoms with van der Waals surface area (Å²) >= 11 is 2.86. The van der Waals surface area contributed by atoms with Crippen LogP contribution in [0.1, 0.15) is 57.0 Å². The van der Waals surface area contributed by atoms with Crippen LogP contribution < -0.4 is 19.6 Å². The molecule has 0 unspecified atom stereocenters. The van der Waals surface area contributed by atoms with Gasteiger partial charge in [-0.05, 0) is 75.6 Å². The summed E-state index contributed by atoms with van der Waals surface area (Å²) in [6, 6.07) is 20.4. The molecule has 0 N–H and O–H groups in total. The topological polar surface area (TPSA) is 98.6 Å². The third-order valence-electron chi connectivity index (χ3n) is 8.22. The number of hydrogen-bond acceptors (Lipinski definition) is 8. The highest BCUT2D eigenvalue weighted by atomic mass is 32.1. The molecule has 2 aromatic carbocycles. The molecule has 232 valence electrons. The molecule has 46 heavy (non-hydrogen) atoms. The maximum atomic E-state index is 14.4. The number of esters is 1. The van der Waals surface area contributed by atoms with Gasteiger partial charge in [0.15, 0.2) is 4.80 Å². The monoisotopic (exact) mass is 648 g/mol. The zero-order chi connectivity index (χ0) is 32.7. The number of nitrogens with zero attached hydrogens (tertiary/aromatic N) is 4. The number of thiazole rings is 1. The van der Waals surface area contributed by atoms with Crippen molar-refractivity contribution in [1.82, 2.24) is 9.13 Å². The first-order valence-electron chi connectivity index (χ1n) is 14.8. The Bertz CT molecular complexity index is 2260. The molecule has 0 spiro atoms. The number of thiophene rings is 1. The Morgan fingerprint density at radius 1 is 1.07 bits per heavy atom. The molecule has 0 radical (unpaired) electrons. The maximum absolute atomic E-state index is 14.4. The number of fused-ring (bicyclic) bond motifs is 1. The van der Waals surface area contributed by atoms with Crippen molar-refractivity contribution in [3.8, 4) is 16.8 Å². The Morgan fingerprint density at radius 2 is 1.83 bits per heavy atom. The number of nitriles is 1. The largest absolute Gasteiger partial charge is 0.497 e. The van der Waals surface area contributed by atoms with Gasteiger partial charge in [-0.15, -0.1) is 11.3 Å². The van der Waals surface area contributed by atoms with Crippen LogP contribution in [0.2, 0.25) is 0 Å². The summed E-state index contributed by atoms with van der Waals surface area (Å²) in [6.45, 7) is 9.91. The molecule has 0 aliphatic carbocycles. The molecule has 3 aromatic heterocycles. The Morgan fingerprint density at radius 3 is 2.52 bits per heavy atom. The second kappa shape index (κ2) is 12.4. The fraction of sp³-hybridized carbons (Fsp3) is 0.222. The van der Waals surface area contributed by atoms with Crippen LogP contribution >= 0.6 is 22.7 Å². The van der Waals surface area contributed by atoms with Crippen molar-refractivity contribution < 1.29 is 14.3 Å². The van der Waals surface area contributed by atoms with Crippen molar-refractivity contribution in [2.45, 2.75) is 40.7 Å². The zero-order valence-electron chi connectivity index (χ0n) is 26.4. The van der Waals surface area contributed by atoms with E-state index >= 15 is 0 Å². The van der Waals surface area contributed by atoms with Gasteiger partial charge in [-0.3, -0.25) is 9.36 Å². The molecule has 0 fully saturated rings. The van der Waals surface area contributed by atoms with Crippen molar-refractivity contribution in [3.63, 3.8) is 0 Å². The lowest BCUT2D eigenvalue weighted by atomic mass is 9.93. The maximum Gasteiger partial charge on any atom is 0.338 e. The molecule has 1 aliphatic heterocycles. The lowest BCUT2D eigenvalue weighted by molar-refractivity contribution is -0.138. The van der Waals surface area contributed by atoms with Gasteiger partial charge >= 0.3 is 5.97 Å². The van der Waals surface area contributed by atoms with Gasteiger partial charge < -0.3 is 14.0 Å². The van der Waals surface area contributed by atoms with Gasteiger partial charge in [0.25, 0.3) is 5.56 Å². The first-order chi connectivity index (χ1) is 22.2. The Balaban J connectivity index is 1.61. The first-order valence-corrected chi connectivity index (χ1v) is 16.4. The average molecular weight is 649 g/mol. The molecule has 8 nitrogen and oxygen atoms in total. The van der Waals surface area contributed by atoms with Crippen molar-refractivity contribution in [1.29, 1.82) is 5.26 Å². The second-order valence-corrected chi connectivity index (χ2v) is 13.2. The van der Waals surface area contributed by atoms with Crippen molar-refractivity contribution in [2.75, 3.05) is 13.7 Å². The van der Waals surface area contributed by atoms with Crippen LogP contribution in [0.15, 0.2) is 76.0 Å². The third kappa shape index (κ3) is 5.21. The van der Waals surface area contributed by atoms with Crippen molar-refractivity contribution in [3.05, 3.63) is 130 Å². The molecule has 0 bridgehead atoms. The van der Waals surface area contributed by atoms with E-state index in [1.165, 1.54) is 11.3 Å². The first kappa shape index (κ1) is 31.0. The van der Waals surface area contributed by atoms with E-state index in [9.17, 15) is 14.9 Å². The highest BCUT2D eigenvalue weighted by molar-refractivity contribution is 7.15. The number of hydrogen-bond donors (Lipinski definition) is 0. The zero-order valence-corrected chi connectivity index (χ0v) is 28.0. The predicted molar refractivity (Wildman–Crippen MR) is 181 cm³/mol. The molecule has 0 saturated carbocycles. The van der Waals surface area contributed by atoms with Gasteiger partial charge in [0.05, 0.1) is 41.1 Å². The normalized spacial score (nSPS) is 14.5. The summed E-state index contributed by atoms with van der Waals surface area (Å²) in [5.74, 6) is 0.0647. The SMILES string of the molecule is CCOC(=O)C1=C(c2ccccc2)N=c2s/c(=C/c3cc(C)n(-c4sc(C)c(C)c4C#N)c3C)c(=O)n2[C@H]1c1cccc(OC)c1. The van der Waals surface area contributed by atoms with Crippen LogP contribution in [0.4, 0.5) is 0 Å². The fourth-order valence-corrected chi connectivity index (χ4v) is 8.06. The highest BCUT2D eigenvalue weighted by Gasteiger charge is 2.35. The van der Waals surface area contributed by atoms with Crippen LogP contribution in [-0.4, -0.2) is 28.8 Å². The number of ether oxygens (including phenoxy) is 2. The molecule has 5 aromatic rings. The Labute approximate surface area is 274 Å². The van der Waals surface area contributed by atoms with E-state index < -0.39 is 12.0 Å². The molecule has 10 heteroatoms. The molecule has 4 heterocycles. The fourth-order valence-electron chi connectivity index (χ4n) is 5.85. The van der Waals surface area contributed by atoms with Gasteiger partial charge in [-0.2, -0.15) is 5.26 Å². The molecule has 6 rings (SSSR count). The molecule has 0 saturated heterocycles. The van der Waals surface area contributed by atoms with E-state index in [2.05, 4.69) is 10.6 Å². The number of benzene rings is 2. The summed E-state index contributed by atoms with van der Waals surface area (Å²) in [6.07, 6.45) is 1.88. The van der Waals surface area contributed by atoms with Crippen LogP contribution in [0.3, 0.4) is 0 Å². The Kier molecular flexibility index (Phi) is 8.38. The van der Waals surface area contributed by atoms with Gasteiger partial charge in [0.2, 0.25) is 0 Å². The summed E-state index contributed by atoms with van der Waals surface area (Å²) in [5, 5.41) is 10.8. The minimum atomic E-state index is -0.801. The van der Waals surface area contributed by atoms with Gasteiger partial charge in [-0.1, -0.05) is 53.8 Å². The standard InChI is InChI=1S/C36H32N4O4S2/c1-7-44-35(42)30-31(24-12-9-8-10-13-24)38-36-40(32(30)25-14-11-15-27(17-25)43-6)33(41)29(46-36)18-26-16-20(2)39(22(26)4)34-28(19-37)21(3)23(5)45-34/h8-18,32H,7H2,1-6H3/b29-18+/t32-/m0/s1. The van der Waals surface area contributed by atoms with E-state index in [0.29, 0.717) is 31.9 Å². The quantitative estimate of drug-likeness (QED) is 0.205. The summed E-state index contributed by atoms with van der Waals surface area (Å²) in [5.41, 5.74) is 6.30. The molecule has 1 aliphatic rings. The van der Waals surface area contributed by atoms with Gasteiger partial charge in [0.1, 0.15) is 16.8 Å². The second-order valence-electron chi connectivity index (χ2n) is 10.9. The Hall–Kier alpha value is -4.98. The van der Waals surface area contributed by atoms with Gasteiger partial charge in [0, 0.05) is 21.8 Å². The average Bonchev–Trinajstić information content (AvgIpc) is 3.64. The number of carbonyl (C=O) groups excluding carboxylic acids is 1. The predicted octanol–water partition coefficient (Wildman–Crippen LogP) is 5.90. The van der Waals surface area contributed by atoms with Crippen LogP contribution in [0, 0.1) is 39.0 Å². The van der Waals surface area contributed by atoms with E-state index in [0.717, 1.165) is 38.0 Å². The molecular formula is C36H32N4O4S2. The lowest BCUT2D eigenvalue weighted by Crippen LogP contribution is -2.40. The highest BCUT2D eigenvalue weighted by Crippen LogP contribution is 2.37. The smallest absolute Gasteiger partial charge is 0.338 e. The van der Waals surface area contributed by atoms with Crippen molar-refractivity contribution in [2.24, 2.45) is 4.99 Å². The minimum Gasteiger partial charge on any atom is -0.497 e. The molecule has 1 atom stereocenters. The van der Waals surface area contributed by atoms with E-state index in [-0.39, 0.29) is 17.7 Å². The number of carbonyl (C=O) groups is 1. The molecule has 0 amide bonds. The third-order valence-corrected chi connectivity index (χ3v) is 10.4. The number of rotatable bonds is 7. The van der Waals surface area contributed by atoms with E-state index in [4.69, 9.17) is 14.5 Å². The number of aryl methyl sites for hydroxylation is 2. The summed E-state index contributed by atoms with van der Waals surface area (Å²) < 4.78 is 15.2. The van der Waals surface area contributed by atoms with Crippen LogP contribution in [0.5, 0.6) is 5.75 Å². The van der Waals surface area contributed by atoms with E-state index in [1.807, 2.05) is 94.4 Å². The summed E-state index contributed by atoms with van der Waals surface area (Å²) in [4.78, 5) is 34.6. The van der Waals surface area contributed by atoms with Crippen LogP contribution in [0.25, 0.3) is 16.8 Å². The summed E-state index contributed by atoms with van der Waals surface area (Å²) in [7, 11) is 1.58. The van der Waals surface area contributed by atoms with Gasteiger partial charge in [-0.25, -0.2) is 9.79 Å². The minimum absolute atomic E-state index is 0.173.